The van der Waals surface area contributed by atoms with Gasteiger partial charge in [0.25, 0.3) is 0 Å². The Balaban J connectivity index is 1.54. The topological polar surface area (TPSA) is 39.3 Å². The van der Waals surface area contributed by atoms with Crippen molar-refractivity contribution in [2.45, 2.75) is 44.8 Å². The number of hydrogen-bond donors (Lipinski definition) is 2. The van der Waals surface area contributed by atoms with Gasteiger partial charge in [0.1, 0.15) is 0 Å². The summed E-state index contributed by atoms with van der Waals surface area (Å²) in [6, 6.07) is 8.69. The van der Waals surface area contributed by atoms with Gasteiger partial charge in [-0.3, -0.25) is 4.90 Å². The predicted molar refractivity (Wildman–Crippen MR) is 89.6 cm³/mol. The summed E-state index contributed by atoms with van der Waals surface area (Å²) in [6.07, 6.45) is 6.39. The second kappa shape index (κ2) is 5.39. The fourth-order valence-corrected chi connectivity index (χ4v) is 4.81. The fourth-order valence-electron chi connectivity index (χ4n) is 4.81. The van der Waals surface area contributed by atoms with Crippen LogP contribution in [0.15, 0.2) is 30.5 Å². The van der Waals surface area contributed by atoms with E-state index in [1.54, 1.807) is 0 Å². The molecule has 1 aliphatic heterocycles. The molecule has 4 rings (SSSR count). The maximum atomic E-state index is 10.9. The van der Waals surface area contributed by atoms with Crippen molar-refractivity contribution in [3.8, 4) is 0 Å². The van der Waals surface area contributed by atoms with Crippen molar-refractivity contribution in [1.82, 2.24) is 9.88 Å². The largest absolute Gasteiger partial charge is 0.390 e. The summed E-state index contributed by atoms with van der Waals surface area (Å²) >= 11 is 0. The van der Waals surface area contributed by atoms with Gasteiger partial charge in [-0.2, -0.15) is 0 Å². The maximum Gasteiger partial charge on any atom is 0.0688 e. The molecule has 1 aliphatic carbocycles. The Hall–Kier alpha value is -1.32. The summed E-state index contributed by atoms with van der Waals surface area (Å²) in [5, 5.41) is 12.3. The van der Waals surface area contributed by atoms with Crippen molar-refractivity contribution < 1.29 is 5.11 Å². The van der Waals surface area contributed by atoms with Crippen LogP contribution in [0.4, 0.5) is 0 Å². The lowest BCUT2D eigenvalue weighted by Gasteiger charge is -2.40. The zero-order chi connectivity index (χ0) is 15.2. The molecule has 2 fully saturated rings. The summed E-state index contributed by atoms with van der Waals surface area (Å²) in [5.74, 6) is 1.15. The van der Waals surface area contributed by atoms with E-state index in [-0.39, 0.29) is 0 Å². The number of hydrogen-bond acceptors (Lipinski definition) is 2. The number of benzene rings is 1. The number of rotatable bonds is 3. The number of H-pyrrole nitrogens is 1. The van der Waals surface area contributed by atoms with Crippen LogP contribution in [0.3, 0.4) is 0 Å². The van der Waals surface area contributed by atoms with Crippen LogP contribution >= 0.6 is 0 Å². The first-order valence-corrected chi connectivity index (χ1v) is 8.69. The van der Waals surface area contributed by atoms with Crippen molar-refractivity contribution in [3.05, 3.63) is 36.0 Å². The highest BCUT2D eigenvalue weighted by Crippen LogP contribution is 2.44. The second-order valence-electron chi connectivity index (χ2n) is 7.27. The van der Waals surface area contributed by atoms with E-state index in [0.29, 0.717) is 11.8 Å². The summed E-state index contributed by atoms with van der Waals surface area (Å²) in [6.45, 7) is 5.34. The van der Waals surface area contributed by atoms with Crippen LogP contribution in [0, 0.1) is 11.8 Å². The molecule has 0 amide bonds. The molecule has 0 unspecified atom stereocenters. The molecule has 2 heterocycles. The zero-order valence-corrected chi connectivity index (χ0v) is 13.4. The Kier molecular flexibility index (Phi) is 3.50. The zero-order valence-electron chi connectivity index (χ0n) is 13.4. The highest BCUT2D eigenvalue weighted by molar-refractivity contribution is 5.82. The SMILES string of the molecule is CC[C@]1(O)CCC[C@H]2CN(Cc3cccc4[nH]ccc34)C[C@H]21. The van der Waals surface area contributed by atoms with Gasteiger partial charge in [-0.25, -0.2) is 0 Å². The third kappa shape index (κ3) is 2.27. The Labute approximate surface area is 132 Å². The van der Waals surface area contributed by atoms with Gasteiger partial charge in [0.15, 0.2) is 0 Å². The van der Waals surface area contributed by atoms with E-state index < -0.39 is 5.60 Å². The van der Waals surface area contributed by atoms with E-state index in [4.69, 9.17) is 0 Å². The van der Waals surface area contributed by atoms with Crippen molar-refractivity contribution >= 4 is 10.9 Å². The molecule has 118 valence electrons. The van der Waals surface area contributed by atoms with Crippen molar-refractivity contribution in [3.63, 3.8) is 0 Å². The van der Waals surface area contributed by atoms with Crippen LogP contribution in [0.25, 0.3) is 10.9 Å². The van der Waals surface area contributed by atoms with E-state index in [9.17, 15) is 5.11 Å². The normalized spacial score (nSPS) is 32.5. The van der Waals surface area contributed by atoms with E-state index >= 15 is 0 Å². The minimum Gasteiger partial charge on any atom is -0.390 e. The Morgan fingerprint density at radius 1 is 1.32 bits per heavy atom. The molecular weight excluding hydrogens is 272 g/mol. The van der Waals surface area contributed by atoms with Crippen molar-refractivity contribution in [1.29, 1.82) is 0 Å². The molecule has 3 atom stereocenters. The van der Waals surface area contributed by atoms with E-state index in [0.717, 1.165) is 32.5 Å². The summed E-state index contributed by atoms with van der Waals surface area (Å²) in [7, 11) is 0. The first kappa shape index (κ1) is 14.3. The molecule has 0 radical (unpaired) electrons. The van der Waals surface area contributed by atoms with E-state index in [2.05, 4.69) is 41.1 Å². The number of aromatic nitrogens is 1. The Morgan fingerprint density at radius 3 is 3.09 bits per heavy atom. The summed E-state index contributed by atoms with van der Waals surface area (Å²) < 4.78 is 0. The first-order chi connectivity index (χ1) is 10.7. The number of aromatic amines is 1. The monoisotopic (exact) mass is 298 g/mol. The van der Waals surface area contributed by atoms with Crippen LogP contribution in [-0.4, -0.2) is 33.7 Å². The number of aliphatic hydroxyl groups is 1. The van der Waals surface area contributed by atoms with Gasteiger partial charge in [0, 0.05) is 42.7 Å². The standard InChI is InChI=1S/C19H26N2O/c1-2-19(22)9-4-6-15-12-21(13-17(15)19)11-14-5-3-7-18-16(14)8-10-20-18/h3,5,7-8,10,15,17,20,22H,2,4,6,9,11-13H2,1H3/t15-,17+,19-/m0/s1. The molecule has 1 saturated heterocycles. The molecule has 2 aliphatic rings. The number of likely N-dealkylation sites (tertiary alicyclic amines) is 1. The third-order valence-corrected chi connectivity index (χ3v) is 6.08. The summed E-state index contributed by atoms with van der Waals surface area (Å²) in [4.78, 5) is 5.86. The molecule has 2 aromatic rings. The molecule has 1 saturated carbocycles. The number of fused-ring (bicyclic) bond motifs is 2. The van der Waals surface area contributed by atoms with Crippen LogP contribution < -0.4 is 0 Å². The smallest absolute Gasteiger partial charge is 0.0688 e. The molecule has 2 N–H and O–H groups in total. The molecule has 3 nitrogen and oxygen atoms in total. The van der Waals surface area contributed by atoms with Gasteiger partial charge in [0.05, 0.1) is 5.60 Å². The lowest BCUT2D eigenvalue weighted by molar-refractivity contribution is -0.0613. The second-order valence-corrected chi connectivity index (χ2v) is 7.27. The highest BCUT2D eigenvalue weighted by atomic mass is 16.3. The van der Waals surface area contributed by atoms with Gasteiger partial charge < -0.3 is 10.1 Å². The highest BCUT2D eigenvalue weighted by Gasteiger charge is 2.47. The Morgan fingerprint density at radius 2 is 2.23 bits per heavy atom. The molecule has 0 spiro atoms. The lowest BCUT2D eigenvalue weighted by Crippen LogP contribution is -2.44. The summed E-state index contributed by atoms with van der Waals surface area (Å²) in [5.41, 5.74) is 2.20. The molecular formula is C19H26N2O. The minimum atomic E-state index is -0.419. The number of nitrogens with one attached hydrogen (secondary N) is 1. The van der Waals surface area contributed by atoms with E-state index in [1.807, 2.05) is 6.20 Å². The van der Waals surface area contributed by atoms with Gasteiger partial charge in [-0.15, -0.1) is 0 Å². The molecule has 1 aromatic heterocycles. The van der Waals surface area contributed by atoms with Gasteiger partial charge >= 0.3 is 0 Å². The van der Waals surface area contributed by atoms with Crippen LogP contribution in [-0.2, 0) is 6.54 Å². The minimum absolute atomic E-state index is 0.419. The van der Waals surface area contributed by atoms with Gasteiger partial charge in [-0.05, 0) is 42.9 Å². The third-order valence-electron chi connectivity index (χ3n) is 6.08. The molecule has 1 aromatic carbocycles. The van der Waals surface area contributed by atoms with Crippen LogP contribution in [0.2, 0.25) is 0 Å². The van der Waals surface area contributed by atoms with Crippen LogP contribution in [0.1, 0.15) is 38.2 Å². The predicted octanol–water partition coefficient (Wildman–Crippen LogP) is 3.54. The molecule has 22 heavy (non-hydrogen) atoms. The fraction of sp³-hybridized carbons (Fsp3) is 0.579. The lowest BCUT2D eigenvalue weighted by atomic mass is 9.69. The number of nitrogens with zero attached hydrogens (tertiary/aromatic N) is 1. The molecule has 3 heteroatoms. The first-order valence-electron chi connectivity index (χ1n) is 8.69. The Bertz CT molecular complexity index is 664. The van der Waals surface area contributed by atoms with E-state index in [1.165, 1.54) is 29.3 Å². The maximum absolute atomic E-state index is 10.9. The average molecular weight is 298 g/mol. The van der Waals surface area contributed by atoms with Gasteiger partial charge in [-0.1, -0.05) is 25.5 Å². The van der Waals surface area contributed by atoms with Crippen molar-refractivity contribution in [2.75, 3.05) is 13.1 Å². The quantitative estimate of drug-likeness (QED) is 0.909. The van der Waals surface area contributed by atoms with Gasteiger partial charge in [0.2, 0.25) is 0 Å². The average Bonchev–Trinajstić information content (AvgIpc) is 3.15. The molecule has 0 bridgehead atoms. The van der Waals surface area contributed by atoms with Crippen molar-refractivity contribution in [2.24, 2.45) is 11.8 Å². The van der Waals surface area contributed by atoms with Crippen LogP contribution in [0.5, 0.6) is 0 Å².